The number of hydrogen-bond acceptors (Lipinski definition) is 6. The van der Waals surface area contributed by atoms with Gasteiger partial charge in [-0.05, 0) is 5.92 Å². The van der Waals surface area contributed by atoms with Crippen molar-refractivity contribution in [2.45, 2.75) is 54.6 Å². The van der Waals surface area contributed by atoms with Crippen LogP contribution in [-0.2, 0) is 19.1 Å². The second-order valence-corrected chi connectivity index (χ2v) is 6.50. The predicted octanol–water partition coefficient (Wildman–Crippen LogP) is 1.77. The van der Waals surface area contributed by atoms with Crippen LogP contribution in [0.1, 0.15) is 48.5 Å². The first-order valence-electron chi connectivity index (χ1n) is 7.54. The fourth-order valence-corrected chi connectivity index (χ4v) is 1.60. The highest BCUT2D eigenvalue weighted by atomic mass is 16.5. The first-order chi connectivity index (χ1) is 9.95. The van der Waals surface area contributed by atoms with Gasteiger partial charge in [0.05, 0.1) is 25.2 Å². The standard InChI is InChI=1S/C12H24O3.C4H8O3/c1-8(2)10(13)12(5,6)7-15-11(14)9(3)4;1-4(6)7-3-2-5/h8-10,13H,7H2,1-6H3;5H,2-3H2,1H3. The molecule has 1 atom stereocenters. The Balaban J connectivity index is 0. The summed E-state index contributed by atoms with van der Waals surface area (Å²) in [5, 5.41) is 18.0. The number of aliphatic hydroxyl groups is 2. The first-order valence-corrected chi connectivity index (χ1v) is 7.54. The van der Waals surface area contributed by atoms with E-state index < -0.39 is 11.5 Å². The van der Waals surface area contributed by atoms with Crippen molar-refractivity contribution in [1.82, 2.24) is 0 Å². The Kier molecular flexibility index (Phi) is 12.0. The van der Waals surface area contributed by atoms with E-state index in [2.05, 4.69) is 4.74 Å². The lowest BCUT2D eigenvalue weighted by atomic mass is 9.81. The van der Waals surface area contributed by atoms with Gasteiger partial charge in [-0.3, -0.25) is 9.59 Å². The summed E-state index contributed by atoms with van der Waals surface area (Å²) in [6.45, 7) is 12.9. The molecule has 0 radical (unpaired) electrons. The maximum absolute atomic E-state index is 11.3. The first kappa shape index (κ1) is 23.1. The average molecular weight is 320 g/mol. The average Bonchev–Trinajstić information content (AvgIpc) is 2.41. The van der Waals surface area contributed by atoms with Crippen LogP contribution in [0, 0.1) is 17.3 Å². The molecule has 0 fully saturated rings. The van der Waals surface area contributed by atoms with Gasteiger partial charge in [0.15, 0.2) is 0 Å². The van der Waals surface area contributed by atoms with Crippen LogP contribution in [0.5, 0.6) is 0 Å². The summed E-state index contributed by atoms with van der Waals surface area (Å²) in [7, 11) is 0. The Morgan fingerprint density at radius 3 is 1.86 bits per heavy atom. The molecule has 0 aliphatic rings. The summed E-state index contributed by atoms with van der Waals surface area (Å²) in [6.07, 6.45) is -0.461. The van der Waals surface area contributed by atoms with Crippen molar-refractivity contribution in [3.8, 4) is 0 Å². The number of carbonyl (C=O) groups is 2. The molecule has 0 saturated carbocycles. The molecule has 0 amide bonds. The molecular weight excluding hydrogens is 288 g/mol. The maximum Gasteiger partial charge on any atom is 0.308 e. The zero-order valence-corrected chi connectivity index (χ0v) is 14.9. The third-order valence-corrected chi connectivity index (χ3v) is 2.89. The van der Waals surface area contributed by atoms with Crippen LogP contribution >= 0.6 is 0 Å². The van der Waals surface area contributed by atoms with Crippen LogP contribution in [0.15, 0.2) is 0 Å². The van der Waals surface area contributed by atoms with Gasteiger partial charge < -0.3 is 19.7 Å². The van der Waals surface area contributed by atoms with E-state index in [0.29, 0.717) is 0 Å². The number of carbonyl (C=O) groups excluding carboxylic acids is 2. The molecule has 0 aromatic heterocycles. The fourth-order valence-electron chi connectivity index (χ4n) is 1.60. The summed E-state index contributed by atoms with van der Waals surface area (Å²) in [5.74, 6) is -0.511. The normalized spacial score (nSPS) is 12.5. The van der Waals surface area contributed by atoms with Crippen molar-refractivity contribution in [2.24, 2.45) is 17.3 Å². The number of ether oxygens (including phenoxy) is 2. The van der Waals surface area contributed by atoms with Crippen molar-refractivity contribution >= 4 is 11.9 Å². The summed E-state index contributed by atoms with van der Waals surface area (Å²) in [6, 6.07) is 0. The molecule has 22 heavy (non-hydrogen) atoms. The second kappa shape index (κ2) is 11.4. The minimum Gasteiger partial charge on any atom is -0.465 e. The number of rotatable bonds is 7. The van der Waals surface area contributed by atoms with Gasteiger partial charge in [-0.1, -0.05) is 41.5 Å². The van der Waals surface area contributed by atoms with Crippen molar-refractivity contribution in [3.63, 3.8) is 0 Å². The molecule has 2 N–H and O–H groups in total. The lowest BCUT2D eigenvalue weighted by molar-refractivity contribution is -0.153. The molecule has 0 spiro atoms. The molecule has 0 rings (SSSR count). The highest BCUT2D eigenvalue weighted by Crippen LogP contribution is 2.26. The van der Waals surface area contributed by atoms with Gasteiger partial charge in [-0.25, -0.2) is 0 Å². The minimum absolute atomic E-state index is 0.0976. The molecule has 0 heterocycles. The third kappa shape index (κ3) is 11.5. The number of hydrogen-bond donors (Lipinski definition) is 2. The quantitative estimate of drug-likeness (QED) is 0.694. The number of esters is 2. The molecule has 6 nitrogen and oxygen atoms in total. The van der Waals surface area contributed by atoms with Crippen LogP contribution in [-0.4, -0.2) is 48.1 Å². The molecule has 0 aromatic rings. The molecule has 1 unspecified atom stereocenters. The van der Waals surface area contributed by atoms with Crippen LogP contribution in [0.3, 0.4) is 0 Å². The van der Waals surface area contributed by atoms with Gasteiger partial charge in [-0.15, -0.1) is 0 Å². The fraction of sp³-hybridized carbons (Fsp3) is 0.875. The van der Waals surface area contributed by atoms with E-state index in [1.54, 1.807) is 13.8 Å². The summed E-state index contributed by atoms with van der Waals surface area (Å²) in [5.41, 5.74) is -0.390. The van der Waals surface area contributed by atoms with Gasteiger partial charge >= 0.3 is 11.9 Å². The predicted molar refractivity (Wildman–Crippen MR) is 84.1 cm³/mol. The summed E-state index contributed by atoms with van der Waals surface area (Å²) in [4.78, 5) is 21.1. The molecule has 0 saturated heterocycles. The Morgan fingerprint density at radius 2 is 1.59 bits per heavy atom. The second-order valence-electron chi connectivity index (χ2n) is 6.50. The van der Waals surface area contributed by atoms with E-state index in [-0.39, 0.29) is 43.6 Å². The van der Waals surface area contributed by atoms with E-state index in [1.807, 2.05) is 27.7 Å². The van der Waals surface area contributed by atoms with Gasteiger partial charge in [0.1, 0.15) is 6.61 Å². The molecule has 0 aliphatic heterocycles. The highest BCUT2D eigenvalue weighted by Gasteiger charge is 2.31. The smallest absolute Gasteiger partial charge is 0.308 e. The Hall–Kier alpha value is -1.14. The Bertz CT molecular complexity index is 323. The number of aliphatic hydroxyl groups excluding tert-OH is 2. The summed E-state index contributed by atoms with van der Waals surface area (Å²) < 4.78 is 9.44. The van der Waals surface area contributed by atoms with E-state index in [9.17, 15) is 14.7 Å². The molecule has 0 aromatic carbocycles. The summed E-state index contributed by atoms with van der Waals surface area (Å²) >= 11 is 0. The molecule has 6 heteroatoms. The van der Waals surface area contributed by atoms with Crippen LogP contribution < -0.4 is 0 Å². The van der Waals surface area contributed by atoms with E-state index in [4.69, 9.17) is 9.84 Å². The van der Waals surface area contributed by atoms with Crippen molar-refractivity contribution in [3.05, 3.63) is 0 Å². The zero-order chi connectivity index (χ0) is 17.9. The molecule has 0 aliphatic carbocycles. The van der Waals surface area contributed by atoms with Crippen LogP contribution in [0.25, 0.3) is 0 Å². The van der Waals surface area contributed by atoms with Crippen LogP contribution in [0.4, 0.5) is 0 Å². The highest BCUT2D eigenvalue weighted by molar-refractivity contribution is 5.71. The van der Waals surface area contributed by atoms with Gasteiger partial charge in [0, 0.05) is 12.3 Å². The van der Waals surface area contributed by atoms with E-state index in [1.165, 1.54) is 6.92 Å². The lowest BCUT2D eigenvalue weighted by Gasteiger charge is -2.32. The van der Waals surface area contributed by atoms with Crippen molar-refractivity contribution in [1.29, 1.82) is 0 Å². The minimum atomic E-state index is -0.461. The van der Waals surface area contributed by atoms with E-state index in [0.717, 1.165) is 0 Å². The largest absolute Gasteiger partial charge is 0.465 e. The SMILES string of the molecule is CC(=O)OCCO.CC(C)C(=O)OCC(C)(C)C(O)C(C)C. The van der Waals surface area contributed by atoms with Gasteiger partial charge in [0.2, 0.25) is 0 Å². The third-order valence-electron chi connectivity index (χ3n) is 2.89. The lowest BCUT2D eigenvalue weighted by Crippen LogP contribution is -2.38. The van der Waals surface area contributed by atoms with Crippen LogP contribution in [0.2, 0.25) is 0 Å². The molecule has 132 valence electrons. The van der Waals surface area contributed by atoms with Gasteiger partial charge in [-0.2, -0.15) is 0 Å². The zero-order valence-electron chi connectivity index (χ0n) is 14.9. The monoisotopic (exact) mass is 320 g/mol. The van der Waals surface area contributed by atoms with Crippen molar-refractivity contribution < 1.29 is 29.3 Å². The van der Waals surface area contributed by atoms with Crippen molar-refractivity contribution in [2.75, 3.05) is 19.8 Å². The molecule has 0 bridgehead atoms. The Morgan fingerprint density at radius 1 is 1.09 bits per heavy atom. The Labute approximate surface area is 133 Å². The maximum atomic E-state index is 11.3. The topological polar surface area (TPSA) is 93.1 Å². The van der Waals surface area contributed by atoms with E-state index >= 15 is 0 Å². The van der Waals surface area contributed by atoms with Gasteiger partial charge in [0.25, 0.3) is 0 Å². The molecular formula is C16H32O6.